The predicted octanol–water partition coefficient (Wildman–Crippen LogP) is 5.15. The molecule has 0 fully saturated rings. The van der Waals surface area contributed by atoms with Gasteiger partial charge in [-0.2, -0.15) is 5.26 Å². The van der Waals surface area contributed by atoms with Gasteiger partial charge in [0.1, 0.15) is 0 Å². The first kappa shape index (κ1) is 15.6. The van der Waals surface area contributed by atoms with Crippen LogP contribution < -0.4 is 0 Å². The van der Waals surface area contributed by atoms with Crippen molar-refractivity contribution in [3.05, 3.63) is 69.7 Å². The summed E-state index contributed by atoms with van der Waals surface area (Å²) >= 11 is 6.25. The lowest BCUT2D eigenvalue weighted by Crippen LogP contribution is -2.14. The van der Waals surface area contributed by atoms with Gasteiger partial charge < -0.3 is 4.90 Å². The molecule has 2 nitrogen and oxygen atoms in total. The zero-order chi connectivity index (χ0) is 16.2. The Kier molecular flexibility index (Phi) is 4.69. The number of nitrogens with zero attached hydrogens (tertiary/aromatic N) is 2. The molecule has 0 aromatic heterocycles. The van der Waals surface area contributed by atoms with Gasteiger partial charge in [-0.25, -0.2) is 0 Å². The van der Waals surface area contributed by atoms with Crippen LogP contribution >= 0.6 is 11.6 Å². The zero-order valence-corrected chi connectivity index (χ0v) is 13.9. The van der Waals surface area contributed by atoms with E-state index in [2.05, 4.69) is 54.7 Å². The first-order chi connectivity index (χ1) is 11.2. The molecule has 0 heterocycles. The average molecular weight is 323 g/mol. The molecule has 2 aromatic carbocycles. The van der Waals surface area contributed by atoms with Crippen molar-refractivity contribution in [2.75, 3.05) is 13.6 Å². The van der Waals surface area contributed by atoms with E-state index in [0.29, 0.717) is 5.92 Å². The normalized spacial score (nSPS) is 15.3. The minimum atomic E-state index is 0.307. The summed E-state index contributed by atoms with van der Waals surface area (Å²) in [5.74, 6) is 0.307. The maximum atomic E-state index is 8.92. The van der Waals surface area contributed by atoms with E-state index in [1.165, 1.54) is 22.3 Å². The number of fused-ring (bicyclic) bond motifs is 2. The third-order valence-electron chi connectivity index (χ3n) is 4.40. The Morgan fingerprint density at radius 3 is 2.61 bits per heavy atom. The van der Waals surface area contributed by atoms with Crippen molar-refractivity contribution in [3.63, 3.8) is 0 Å². The van der Waals surface area contributed by atoms with E-state index in [4.69, 9.17) is 16.9 Å². The second kappa shape index (κ2) is 6.89. The molecule has 0 aliphatic heterocycles. The number of hydrogen-bond donors (Lipinski definition) is 0. The minimum Gasteiger partial charge on any atom is -0.314 e. The van der Waals surface area contributed by atoms with Gasteiger partial charge in [-0.15, -0.1) is 0 Å². The van der Waals surface area contributed by atoms with Crippen LogP contribution in [0.1, 0.15) is 41.0 Å². The largest absolute Gasteiger partial charge is 0.314 e. The molecule has 116 valence electrons. The Balaban J connectivity index is 1.97. The quantitative estimate of drug-likeness (QED) is 0.575. The molecule has 1 aliphatic rings. The average Bonchev–Trinajstić information content (AvgIpc) is 2.72. The number of hydrogen-bond acceptors (Lipinski definition) is 2. The van der Waals surface area contributed by atoms with Crippen molar-refractivity contribution < 1.29 is 0 Å². The Hall–Kier alpha value is -2.24. The van der Waals surface area contributed by atoms with Crippen molar-refractivity contribution in [1.29, 1.82) is 5.26 Å². The molecular weight excluding hydrogens is 304 g/mol. The lowest BCUT2D eigenvalue weighted by atomic mass is 9.84. The van der Waals surface area contributed by atoms with Crippen LogP contribution in [0.5, 0.6) is 0 Å². The highest BCUT2D eigenvalue weighted by molar-refractivity contribution is 6.30. The smallest absolute Gasteiger partial charge is 0.179 e. The molecular formula is C20H19ClN2. The summed E-state index contributed by atoms with van der Waals surface area (Å²) in [7, 11) is 1.83. The van der Waals surface area contributed by atoms with Gasteiger partial charge in [-0.1, -0.05) is 54.1 Å². The van der Waals surface area contributed by atoms with Crippen LogP contribution in [0, 0.1) is 11.5 Å². The fourth-order valence-corrected chi connectivity index (χ4v) is 3.40. The molecule has 0 radical (unpaired) electrons. The minimum absolute atomic E-state index is 0.307. The molecule has 3 rings (SSSR count). The molecule has 0 saturated heterocycles. The monoisotopic (exact) mass is 322 g/mol. The summed E-state index contributed by atoms with van der Waals surface area (Å²) in [6, 6.07) is 14.7. The maximum absolute atomic E-state index is 8.92. The van der Waals surface area contributed by atoms with Crippen LogP contribution in [0.3, 0.4) is 0 Å². The van der Waals surface area contributed by atoms with Gasteiger partial charge in [0.05, 0.1) is 0 Å². The molecule has 0 saturated carbocycles. The highest BCUT2D eigenvalue weighted by Gasteiger charge is 2.21. The molecule has 3 heteroatoms. The first-order valence-corrected chi connectivity index (χ1v) is 8.24. The molecule has 0 spiro atoms. The first-order valence-electron chi connectivity index (χ1n) is 7.86. The molecule has 1 unspecified atom stereocenters. The van der Waals surface area contributed by atoms with E-state index >= 15 is 0 Å². The second-order valence-electron chi connectivity index (χ2n) is 5.95. The van der Waals surface area contributed by atoms with Crippen LogP contribution in [0.2, 0.25) is 5.02 Å². The number of rotatable bonds is 4. The summed E-state index contributed by atoms with van der Waals surface area (Å²) in [4.78, 5) is 1.68. The van der Waals surface area contributed by atoms with Crippen molar-refractivity contribution in [2.24, 2.45) is 0 Å². The van der Waals surface area contributed by atoms with Crippen molar-refractivity contribution in [3.8, 4) is 6.19 Å². The Morgan fingerprint density at radius 2 is 1.83 bits per heavy atom. The van der Waals surface area contributed by atoms with Crippen molar-refractivity contribution >= 4 is 23.8 Å². The molecule has 0 N–H and O–H groups in total. The summed E-state index contributed by atoms with van der Waals surface area (Å²) < 4.78 is 0. The van der Waals surface area contributed by atoms with Crippen molar-refractivity contribution in [2.45, 2.75) is 18.8 Å². The third kappa shape index (κ3) is 3.41. The summed E-state index contributed by atoms with van der Waals surface area (Å²) in [6.45, 7) is 0.776. The van der Waals surface area contributed by atoms with Crippen LogP contribution in [0.25, 0.3) is 12.2 Å². The van der Waals surface area contributed by atoms with Crippen LogP contribution in [-0.2, 0) is 0 Å². The fraction of sp³-hybridized carbons (Fsp3) is 0.250. The van der Waals surface area contributed by atoms with Crippen molar-refractivity contribution in [1.82, 2.24) is 4.90 Å². The topological polar surface area (TPSA) is 27.0 Å². The zero-order valence-electron chi connectivity index (χ0n) is 13.2. The van der Waals surface area contributed by atoms with E-state index < -0.39 is 0 Å². The van der Waals surface area contributed by atoms with Gasteiger partial charge in [-0.3, -0.25) is 0 Å². The lowest BCUT2D eigenvalue weighted by Gasteiger charge is -2.21. The van der Waals surface area contributed by atoms with Gasteiger partial charge in [0.25, 0.3) is 0 Å². The Labute approximate surface area is 142 Å². The second-order valence-corrected chi connectivity index (χ2v) is 6.39. The summed E-state index contributed by atoms with van der Waals surface area (Å²) in [5.41, 5.74) is 5.10. The number of halogens is 1. The molecule has 0 bridgehead atoms. The lowest BCUT2D eigenvalue weighted by molar-refractivity contribution is 0.444. The third-order valence-corrected chi connectivity index (χ3v) is 4.63. The molecule has 1 aliphatic carbocycles. The van der Waals surface area contributed by atoms with Gasteiger partial charge in [0, 0.05) is 24.5 Å². The van der Waals surface area contributed by atoms with Crippen LogP contribution in [-0.4, -0.2) is 18.5 Å². The number of nitriles is 1. The van der Waals surface area contributed by atoms with E-state index in [-0.39, 0.29) is 0 Å². The SMILES string of the molecule is CN(C#N)CCCC1c2ccccc2C=Cc2ccc(Cl)cc21. The summed E-state index contributed by atoms with van der Waals surface area (Å²) in [5, 5.41) is 9.69. The van der Waals surface area contributed by atoms with Gasteiger partial charge in [0.2, 0.25) is 0 Å². The number of benzene rings is 2. The van der Waals surface area contributed by atoms with Gasteiger partial charge in [-0.05, 0) is 47.2 Å². The van der Waals surface area contributed by atoms with E-state index in [1.54, 1.807) is 4.90 Å². The molecule has 2 aromatic rings. The summed E-state index contributed by atoms with van der Waals surface area (Å²) in [6.07, 6.45) is 8.48. The molecule has 1 atom stereocenters. The van der Waals surface area contributed by atoms with Gasteiger partial charge in [0.15, 0.2) is 6.19 Å². The predicted molar refractivity (Wildman–Crippen MR) is 96.1 cm³/mol. The van der Waals surface area contributed by atoms with E-state index in [9.17, 15) is 0 Å². The maximum Gasteiger partial charge on any atom is 0.179 e. The Morgan fingerprint density at radius 1 is 1.09 bits per heavy atom. The Bertz CT molecular complexity index is 773. The highest BCUT2D eigenvalue weighted by atomic mass is 35.5. The van der Waals surface area contributed by atoms with Crippen LogP contribution in [0.15, 0.2) is 42.5 Å². The highest BCUT2D eigenvalue weighted by Crippen LogP contribution is 2.38. The molecule has 0 amide bonds. The molecule has 23 heavy (non-hydrogen) atoms. The van der Waals surface area contributed by atoms with E-state index in [1.807, 2.05) is 13.1 Å². The standard InChI is InChI=1S/C20H19ClN2/c1-23(14-22)12-4-7-19-18-6-3-2-5-15(18)8-9-16-10-11-17(21)13-20(16)19/h2-3,5-6,8-11,13,19H,4,7,12H2,1H3. The van der Waals surface area contributed by atoms with Gasteiger partial charge >= 0.3 is 0 Å². The van der Waals surface area contributed by atoms with Crippen LogP contribution in [0.4, 0.5) is 0 Å². The van der Waals surface area contributed by atoms with E-state index in [0.717, 1.165) is 24.4 Å². The fourth-order valence-electron chi connectivity index (χ4n) is 3.22.